The summed E-state index contributed by atoms with van der Waals surface area (Å²) in [6.45, 7) is 8.87. The number of nitrogens with zero attached hydrogens (tertiary/aromatic N) is 2. The van der Waals surface area contributed by atoms with Gasteiger partial charge in [0.2, 0.25) is 16.7 Å². The monoisotopic (exact) mass is 384 g/mol. The Morgan fingerprint density at radius 3 is 1.96 bits per heavy atom. The number of hydrogen-bond donors (Lipinski definition) is 1. The van der Waals surface area contributed by atoms with Gasteiger partial charge in [-0.2, -0.15) is 0 Å². The molecule has 1 N–H and O–H groups in total. The Morgan fingerprint density at radius 1 is 1.17 bits per heavy atom. The van der Waals surface area contributed by atoms with Crippen LogP contribution in [0.15, 0.2) is 18.7 Å². The molecule has 0 fully saturated rings. The molecule has 1 aromatic heterocycles. The van der Waals surface area contributed by atoms with E-state index in [1.54, 1.807) is 0 Å². The molecular weight excluding hydrogens is 356 g/mol. The van der Waals surface area contributed by atoms with Crippen LogP contribution in [0.2, 0.25) is 6.04 Å². The molecule has 24 heavy (non-hydrogen) atoms. The summed E-state index contributed by atoms with van der Waals surface area (Å²) in [5.74, 6) is 0. The third-order valence-electron chi connectivity index (χ3n) is 2.82. The topological polar surface area (TPSA) is 114 Å². The molecule has 1 aromatic rings. The van der Waals surface area contributed by atoms with Crippen LogP contribution in [-0.2, 0) is 37.3 Å². The van der Waals surface area contributed by atoms with Gasteiger partial charge in [-0.15, -0.1) is 0 Å². The zero-order valence-corrected chi connectivity index (χ0v) is 16.5. The van der Waals surface area contributed by atoms with Crippen molar-refractivity contribution in [2.24, 2.45) is 7.05 Å². The molecule has 0 atom stereocenters. The fraction of sp³-hybridized carbons (Fsp3) is 0.769. The molecule has 0 unspecified atom stereocenters. The van der Waals surface area contributed by atoms with Crippen LogP contribution in [0.5, 0.6) is 0 Å². The van der Waals surface area contributed by atoms with Gasteiger partial charge in [-0.25, -0.2) is 17.6 Å². The lowest BCUT2D eigenvalue weighted by atomic mass is 10.5. The van der Waals surface area contributed by atoms with Crippen LogP contribution in [0.3, 0.4) is 0 Å². The zero-order valence-electron chi connectivity index (χ0n) is 14.7. The van der Waals surface area contributed by atoms with E-state index in [0.717, 1.165) is 19.0 Å². The van der Waals surface area contributed by atoms with Crippen molar-refractivity contribution in [1.29, 1.82) is 0 Å². The summed E-state index contributed by atoms with van der Waals surface area (Å²) in [4.78, 5) is 0. The fourth-order valence-electron chi connectivity index (χ4n) is 2.11. The van der Waals surface area contributed by atoms with Gasteiger partial charge in [0.1, 0.15) is 12.4 Å². The van der Waals surface area contributed by atoms with E-state index in [4.69, 9.17) is 30.8 Å². The Labute approximate surface area is 145 Å². The van der Waals surface area contributed by atoms with Crippen molar-refractivity contribution in [2.45, 2.75) is 39.8 Å². The third-order valence-corrected chi connectivity index (χ3v) is 5.97. The highest BCUT2D eigenvalue weighted by atomic mass is 32.3. The van der Waals surface area contributed by atoms with Crippen LogP contribution < -0.4 is 4.57 Å². The number of aryl methyl sites for hydroxylation is 2. The van der Waals surface area contributed by atoms with Crippen LogP contribution in [-0.4, -0.2) is 50.7 Å². The summed E-state index contributed by atoms with van der Waals surface area (Å²) in [6.07, 6.45) is 7.19. The first-order valence-corrected chi connectivity index (χ1v) is 11.1. The molecule has 0 bridgehead atoms. The highest BCUT2D eigenvalue weighted by Gasteiger charge is 2.39. The molecule has 1 heterocycles. The molecule has 9 nitrogen and oxygen atoms in total. The maximum absolute atomic E-state index is 8.63. The third kappa shape index (κ3) is 11.7. The van der Waals surface area contributed by atoms with Gasteiger partial charge in [-0.05, 0) is 27.2 Å². The van der Waals surface area contributed by atoms with E-state index >= 15 is 0 Å². The van der Waals surface area contributed by atoms with Crippen LogP contribution in [0.1, 0.15) is 27.2 Å². The fourth-order valence-corrected chi connectivity index (χ4v) is 4.71. The number of imidazole rings is 1. The Balaban J connectivity index is 0.000000922. The first-order valence-electron chi connectivity index (χ1n) is 7.77. The minimum atomic E-state index is -4.92. The van der Waals surface area contributed by atoms with Crippen LogP contribution >= 0.6 is 0 Å². The largest absolute Gasteiger partial charge is 0.726 e. The quantitative estimate of drug-likeness (QED) is 0.274. The Bertz CT molecular complexity index is 525. The molecule has 142 valence electrons. The Hall–Kier alpha value is -0.823. The lowest BCUT2D eigenvalue weighted by Crippen LogP contribution is -2.46. The normalized spacial score (nSPS) is 11.9. The van der Waals surface area contributed by atoms with Crippen LogP contribution in [0.4, 0.5) is 0 Å². The van der Waals surface area contributed by atoms with Crippen molar-refractivity contribution < 1.29 is 35.4 Å². The van der Waals surface area contributed by atoms with E-state index in [1.165, 1.54) is 0 Å². The minimum Gasteiger partial charge on any atom is -0.726 e. The lowest BCUT2D eigenvalue weighted by molar-refractivity contribution is -0.671. The van der Waals surface area contributed by atoms with E-state index < -0.39 is 19.2 Å². The SMILES string of the molecule is CCO[Si](CCCn1cc[n+](C)c1)(OCC)OCC.O=S(=O)([O-])O. The predicted molar refractivity (Wildman–Crippen MR) is 88.0 cm³/mol. The highest BCUT2D eigenvalue weighted by Crippen LogP contribution is 2.18. The molecule has 1 rings (SSSR count). The van der Waals surface area contributed by atoms with E-state index in [1.807, 2.05) is 38.6 Å². The van der Waals surface area contributed by atoms with Crippen LogP contribution in [0, 0.1) is 0 Å². The maximum Gasteiger partial charge on any atom is 0.501 e. The van der Waals surface area contributed by atoms with E-state index in [0.29, 0.717) is 19.8 Å². The number of hydrogen-bond acceptors (Lipinski definition) is 6. The van der Waals surface area contributed by atoms with Gasteiger partial charge in [-0.3, -0.25) is 4.55 Å². The molecular formula is C13H28N2O7SSi. The molecule has 0 spiro atoms. The molecule has 0 radical (unpaired) electrons. The van der Waals surface area contributed by atoms with Crippen molar-refractivity contribution in [3.8, 4) is 0 Å². The average Bonchev–Trinajstić information content (AvgIpc) is 2.83. The van der Waals surface area contributed by atoms with Crippen molar-refractivity contribution in [2.75, 3.05) is 19.8 Å². The van der Waals surface area contributed by atoms with Gasteiger partial charge in [0.25, 0.3) is 0 Å². The summed E-state index contributed by atoms with van der Waals surface area (Å²) in [6, 6.07) is 0.865. The molecule has 0 aromatic carbocycles. The second-order valence-electron chi connectivity index (χ2n) is 4.83. The Morgan fingerprint density at radius 2 is 1.62 bits per heavy atom. The van der Waals surface area contributed by atoms with Gasteiger partial charge in [-0.1, -0.05) is 0 Å². The summed E-state index contributed by atoms with van der Waals surface area (Å²) >= 11 is 0. The summed E-state index contributed by atoms with van der Waals surface area (Å²) < 4.78 is 54.5. The van der Waals surface area contributed by atoms with Crippen molar-refractivity contribution in [3.63, 3.8) is 0 Å². The molecule has 0 aliphatic heterocycles. The number of aromatic nitrogens is 2. The predicted octanol–water partition coefficient (Wildman–Crippen LogP) is 0.756. The second kappa shape index (κ2) is 11.7. The summed E-state index contributed by atoms with van der Waals surface area (Å²) in [5, 5.41) is 0. The van der Waals surface area contributed by atoms with Gasteiger partial charge in [0.05, 0.1) is 13.6 Å². The standard InChI is InChI=1S/C13H27N2O3Si.H2O4S/c1-5-16-19(17-6-2,18-7-3)12-8-9-15-11-10-14(4)13-15;1-5(2,3)4/h10-11,13H,5-9,12H2,1-4H3;(H2,1,2,3,4)/q+1;/p-1. The molecule has 0 saturated heterocycles. The molecule has 11 heteroatoms. The van der Waals surface area contributed by atoms with Crippen LogP contribution in [0.25, 0.3) is 0 Å². The zero-order chi connectivity index (χ0) is 18.6. The summed E-state index contributed by atoms with van der Waals surface area (Å²) in [5.41, 5.74) is 0. The summed E-state index contributed by atoms with van der Waals surface area (Å²) in [7, 11) is -5.36. The lowest BCUT2D eigenvalue weighted by Gasteiger charge is -2.28. The number of rotatable bonds is 10. The molecule has 0 aliphatic rings. The van der Waals surface area contributed by atoms with Gasteiger partial charge < -0.3 is 17.8 Å². The van der Waals surface area contributed by atoms with Gasteiger partial charge in [0.15, 0.2) is 0 Å². The van der Waals surface area contributed by atoms with Crippen molar-refractivity contribution in [1.82, 2.24) is 4.57 Å². The average molecular weight is 385 g/mol. The molecule has 0 saturated carbocycles. The molecule has 0 amide bonds. The van der Waals surface area contributed by atoms with E-state index in [-0.39, 0.29) is 0 Å². The first-order chi connectivity index (χ1) is 11.2. The van der Waals surface area contributed by atoms with Crippen molar-refractivity contribution in [3.05, 3.63) is 18.7 Å². The van der Waals surface area contributed by atoms with E-state index in [9.17, 15) is 0 Å². The highest BCUT2D eigenvalue weighted by molar-refractivity contribution is 7.79. The smallest absolute Gasteiger partial charge is 0.501 e. The van der Waals surface area contributed by atoms with Gasteiger partial charge in [0, 0.05) is 25.9 Å². The van der Waals surface area contributed by atoms with Crippen molar-refractivity contribution >= 4 is 19.2 Å². The second-order valence-corrected chi connectivity index (χ2v) is 8.42. The minimum absolute atomic E-state index is 0.644. The first kappa shape index (κ1) is 23.2. The Kier molecular flexibility index (Phi) is 11.3. The van der Waals surface area contributed by atoms with Gasteiger partial charge >= 0.3 is 8.80 Å². The van der Waals surface area contributed by atoms with E-state index in [2.05, 4.69) is 17.1 Å². The maximum atomic E-state index is 8.63. The molecule has 0 aliphatic carbocycles.